The SMILES string of the molecule is COc1ccc(C2=C(C)C3(C)C(C(=O)N(C)c4ccccc4)=C(C(=O)OCc4ccccc4)C2(C)C3(C)C)cc1. The van der Waals surface area contributed by atoms with Crippen molar-refractivity contribution in [3.8, 4) is 5.75 Å². The number of nitrogens with zero attached hydrogens (tertiary/aromatic N) is 1. The van der Waals surface area contributed by atoms with E-state index in [1.807, 2.05) is 84.9 Å². The van der Waals surface area contributed by atoms with E-state index >= 15 is 0 Å². The number of benzene rings is 3. The lowest BCUT2D eigenvalue weighted by Gasteiger charge is -2.43. The minimum Gasteiger partial charge on any atom is -0.497 e. The fourth-order valence-corrected chi connectivity index (χ4v) is 6.97. The van der Waals surface area contributed by atoms with Gasteiger partial charge in [0.1, 0.15) is 12.4 Å². The Balaban J connectivity index is 1.69. The molecular weight excluding hydrogens is 498 g/mol. The van der Waals surface area contributed by atoms with Gasteiger partial charge in [-0.2, -0.15) is 0 Å². The number of likely N-dealkylation sites (N-methyl/N-ethyl adjacent to an activating group) is 1. The second-order valence-electron chi connectivity index (χ2n) is 11.6. The fourth-order valence-electron chi connectivity index (χ4n) is 6.97. The predicted octanol–water partition coefficient (Wildman–Crippen LogP) is 7.24. The number of amides is 1. The Bertz CT molecular complexity index is 1520. The number of hydrogen-bond acceptors (Lipinski definition) is 4. The van der Waals surface area contributed by atoms with Crippen molar-refractivity contribution in [2.24, 2.45) is 16.2 Å². The molecule has 5 nitrogen and oxygen atoms in total. The molecule has 2 atom stereocenters. The molecule has 0 radical (unpaired) electrons. The van der Waals surface area contributed by atoms with Crippen LogP contribution in [0, 0.1) is 16.2 Å². The number of ether oxygens (including phenoxy) is 2. The molecule has 5 heteroatoms. The summed E-state index contributed by atoms with van der Waals surface area (Å²) >= 11 is 0. The standard InChI is InChI=1S/C35H37NO4/c1-23-28(25-18-20-27(39-7)21-19-25)35(5)30(32(38)40-22-24-14-10-8-11-15-24)29(34(23,4)33(35,2)3)31(37)36(6)26-16-12-9-13-17-26/h8-21H,22H2,1-7H3. The number of rotatable bonds is 7. The Labute approximate surface area is 237 Å². The van der Waals surface area contributed by atoms with Gasteiger partial charge in [-0.25, -0.2) is 4.79 Å². The molecule has 206 valence electrons. The normalized spacial score (nSPS) is 22.9. The first kappa shape index (κ1) is 27.4. The summed E-state index contributed by atoms with van der Waals surface area (Å²) in [7, 11) is 3.42. The van der Waals surface area contributed by atoms with E-state index < -0.39 is 22.2 Å². The summed E-state index contributed by atoms with van der Waals surface area (Å²) in [6, 6.07) is 27.1. The van der Waals surface area contributed by atoms with Gasteiger partial charge in [0, 0.05) is 29.1 Å². The summed E-state index contributed by atoms with van der Waals surface area (Å²) in [5, 5.41) is 0. The lowest BCUT2D eigenvalue weighted by molar-refractivity contribution is -0.141. The number of esters is 1. The van der Waals surface area contributed by atoms with E-state index in [4.69, 9.17) is 9.47 Å². The van der Waals surface area contributed by atoms with Crippen LogP contribution in [0.3, 0.4) is 0 Å². The van der Waals surface area contributed by atoms with Gasteiger partial charge < -0.3 is 14.4 Å². The smallest absolute Gasteiger partial charge is 0.335 e. The molecule has 0 saturated heterocycles. The molecular formula is C35H37NO4. The lowest BCUT2D eigenvalue weighted by atomic mass is 9.59. The zero-order valence-electron chi connectivity index (χ0n) is 24.4. The highest BCUT2D eigenvalue weighted by atomic mass is 16.5. The monoisotopic (exact) mass is 535 g/mol. The number of fused-ring (bicyclic) bond motifs is 2. The van der Waals surface area contributed by atoms with Crippen molar-refractivity contribution in [1.82, 2.24) is 0 Å². The van der Waals surface area contributed by atoms with Crippen molar-refractivity contribution < 1.29 is 19.1 Å². The van der Waals surface area contributed by atoms with E-state index in [9.17, 15) is 9.59 Å². The molecule has 0 N–H and O–H groups in total. The van der Waals surface area contributed by atoms with Gasteiger partial charge in [-0.1, -0.05) is 93.9 Å². The number of carbonyl (C=O) groups is 2. The highest BCUT2D eigenvalue weighted by Crippen LogP contribution is 2.78. The van der Waals surface area contributed by atoms with Crippen LogP contribution in [0.5, 0.6) is 5.75 Å². The van der Waals surface area contributed by atoms with E-state index in [2.05, 4.69) is 34.6 Å². The van der Waals surface area contributed by atoms with E-state index in [-0.39, 0.29) is 12.5 Å². The molecule has 3 aromatic rings. The summed E-state index contributed by atoms with van der Waals surface area (Å²) in [6.07, 6.45) is 0. The molecule has 0 spiro atoms. The molecule has 0 saturated carbocycles. The first-order chi connectivity index (χ1) is 19.0. The van der Waals surface area contributed by atoms with Crippen LogP contribution in [0.25, 0.3) is 5.57 Å². The zero-order chi connectivity index (χ0) is 28.9. The maximum atomic E-state index is 14.5. The summed E-state index contributed by atoms with van der Waals surface area (Å²) in [6.45, 7) is 10.8. The van der Waals surface area contributed by atoms with Crippen LogP contribution in [0.2, 0.25) is 0 Å². The molecule has 0 heterocycles. The number of hydrogen-bond donors (Lipinski definition) is 0. The summed E-state index contributed by atoms with van der Waals surface area (Å²) in [5.41, 5.74) is 3.80. The van der Waals surface area contributed by atoms with Crippen LogP contribution in [0.1, 0.15) is 45.7 Å². The molecule has 2 aliphatic rings. The van der Waals surface area contributed by atoms with Gasteiger partial charge in [-0.05, 0) is 53.3 Å². The minimum atomic E-state index is -0.781. The van der Waals surface area contributed by atoms with Crippen molar-refractivity contribution in [2.45, 2.75) is 41.2 Å². The Hall–Kier alpha value is -4.12. The Morgan fingerprint density at radius 1 is 0.775 bits per heavy atom. The average molecular weight is 536 g/mol. The van der Waals surface area contributed by atoms with Gasteiger partial charge in [0.15, 0.2) is 0 Å². The lowest BCUT2D eigenvalue weighted by Crippen LogP contribution is -2.41. The van der Waals surface area contributed by atoms with Crippen LogP contribution >= 0.6 is 0 Å². The Morgan fingerprint density at radius 2 is 1.35 bits per heavy atom. The molecule has 5 rings (SSSR count). The van der Waals surface area contributed by atoms with Crippen molar-refractivity contribution in [3.05, 3.63) is 113 Å². The number of allylic oxidation sites excluding steroid dienone is 2. The molecule has 2 bridgehead atoms. The highest BCUT2D eigenvalue weighted by molar-refractivity contribution is 6.16. The van der Waals surface area contributed by atoms with Gasteiger partial charge in [0.2, 0.25) is 0 Å². The van der Waals surface area contributed by atoms with E-state index in [0.717, 1.165) is 33.7 Å². The van der Waals surface area contributed by atoms with Crippen LogP contribution in [0.15, 0.2) is 102 Å². The quantitative estimate of drug-likeness (QED) is 0.299. The van der Waals surface area contributed by atoms with E-state index in [0.29, 0.717) is 11.1 Å². The maximum Gasteiger partial charge on any atom is 0.335 e. The van der Waals surface area contributed by atoms with Crippen LogP contribution < -0.4 is 9.64 Å². The summed E-state index contributed by atoms with van der Waals surface area (Å²) in [5.74, 6) is 0.121. The van der Waals surface area contributed by atoms with Crippen molar-refractivity contribution >= 4 is 23.1 Å². The Morgan fingerprint density at radius 3 is 1.93 bits per heavy atom. The third-order valence-corrected chi connectivity index (χ3v) is 9.83. The second-order valence-corrected chi connectivity index (χ2v) is 11.6. The molecule has 2 aliphatic carbocycles. The van der Waals surface area contributed by atoms with Gasteiger partial charge in [-0.15, -0.1) is 0 Å². The summed E-state index contributed by atoms with van der Waals surface area (Å²) in [4.78, 5) is 30.3. The fraction of sp³-hybridized carbons (Fsp3) is 0.314. The molecule has 2 unspecified atom stereocenters. The Kier molecular flexibility index (Phi) is 6.73. The molecule has 0 aliphatic heterocycles. The van der Waals surface area contributed by atoms with Gasteiger partial charge >= 0.3 is 5.97 Å². The van der Waals surface area contributed by atoms with Crippen LogP contribution in [-0.2, 0) is 20.9 Å². The zero-order valence-corrected chi connectivity index (χ0v) is 24.4. The summed E-state index contributed by atoms with van der Waals surface area (Å²) < 4.78 is 11.4. The van der Waals surface area contributed by atoms with Crippen molar-refractivity contribution in [1.29, 1.82) is 0 Å². The van der Waals surface area contributed by atoms with E-state index in [1.54, 1.807) is 19.1 Å². The van der Waals surface area contributed by atoms with Gasteiger partial charge in [0.05, 0.1) is 12.7 Å². The largest absolute Gasteiger partial charge is 0.497 e. The second kappa shape index (κ2) is 9.81. The predicted molar refractivity (Wildman–Crippen MR) is 159 cm³/mol. The number of carbonyl (C=O) groups excluding carboxylic acids is 2. The molecule has 1 amide bonds. The average Bonchev–Trinajstić information content (AvgIpc) is 3.19. The molecule has 3 aromatic carbocycles. The number of anilines is 1. The topological polar surface area (TPSA) is 55.8 Å². The molecule has 0 fully saturated rings. The first-order valence-electron chi connectivity index (χ1n) is 13.7. The molecule has 40 heavy (non-hydrogen) atoms. The van der Waals surface area contributed by atoms with Gasteiger partial charge in [0.25, 0.3) is 5.91 Å². The maximum absolute atomic E-state index is 14.5. The minimum absolute atomic E-state index is 0.132. The van der Waals surface area contributed by atoms with Crippen LogP contribution in [0.4, 0.5) is 5.69 Å². The highest BCUT2D eigenvalue weighted by Gasteiger charge is 2.72. The number of para-hydroxylation sites is 1. The van der Waals surface area contributed by atoms with E-state index in [1.165, 1.54) is 0 Å². The number of methoxy groups -OCH3 is 1. The van der Waals surface area contributed by atoms with Crippen LogP contribution in [-0.4, -0.2) is 26.0 Å². The third-order valence-electron chi connectivity index (χ3n) is 9.83. The third kappa shape index (κ3) is 3.75. The first-order valence-corrected chi connectivity index (χ1v) is 13.7. The van der Waals surface area contributed by atoms with Crippen molar-refractivity contribution in [3.63, 3.8) is 0 Å². The molecule has 0 aromatic heterocycles. The van der Waals surface area contributed by atoms with Gasteiger partial charge in [-0.3, -0.25) is 4.79 Å². The van der Waals surface area contributed by atoms with Crippen molar-refractivity contribution in [2.75, 3.05) is 19.1 Å².